The molecule has 0 fully saturated rings. The van der Waals surface area contributed by atoms with Crippen molar-refractivity contribution in [3.05, 3.63) is 0 Å². The van der Waals surface area contributed by atoms with E-state index in [-0.39, 0.29) is 0 Å². The van der Waals surface area contributed by atoms with Crippen molar-refractivity contribution in [2.75, 3.05) is 32.7 Å². The standard InChI is InChI=1S/C18H39BrN2/c1-5-9-13-20(14-10-6-2)17-18(19)21(15-11-7-3)16-12-8-4/h18H,5-17H2,1-4H3. The first kappa shape index (κ1) is 21.4. The lowest BCUT2D eigenvalue weighted by Crippen LogP contribution is -2.42. The van der Waals surface area contributed by atoms with Crippen molar-refractivity contribution < 1.29 is 0 Å². The molecule has 0 aliphatic rings. The van der Waals surface area contributed by atoms with Gasteiger partial charge in [-0.05, 0) is 51.9 Å². The molecule has 0 aliphatic heterocycles. The fourth-order valence-electron chi connectivity index (χ4n) is 2.50. The number of alkyl halides is 1. The minimum Gasteiger partial charge on any atom is -0.301 e. The molecule has 1 atom stereocenters. The lowest BCUT2D eigenvalue weighted by Gasteiger charge is -2.32. The molecule has 128 valence electrons. The molecule has 0 N–H and O–H groups in total. The van der Waals surface area contributed by atoms with Gasteiger partial charge in [0.1, 0.15) is 0 Å². The average molecular weight is 363 g/mol. The number of hydrogen-bond acceptors (Lipinski definition) is 2. The van der Waals surface area contributed by atoms with E-state index in [0.717, 1.165) is 0 Å². The molecule has 0 bridgehead atoms. The molecule has 0 aliphatic carbocycles. The van der Waals surface area contributed by atoms with Crippen LogP contribution in [-0.4, -0.2) is 47.5 Å². The molecule has 0 amide bonds. The highest BCUT2D eigenvalue weighted by Crippen LogP contribution is 2.14. The minimum atomic E-state index is 0.518. The third-order valence-corrected chi connectivity index (χ3v) is 4.93. The van der Waals surface area contributed by atoms with Gasteiger partial charge in [0.05, 0.1) is 4.95 Å². The molecule has 0 spiro atoms. The maximum Gasteiger partial charge on any atom is 0.0784 e. The second-order valence-corrected chi connectivity index (χ2v) is 7.24. The molecule has 0 aromatic heterocycles. The molecule has 0 saturated carbocycles. The predicted octanol–water partition coefficient (Wildman–Crippen LogP) is 5.51. The van der Waals surface area contributed by atoms with Crippen molar-refractivity contribution in [1.82, 2.24) is 9.80 Å². The molecule has 1 unspecified atom stereocenters. The Morgan fingerprint density at radius 1 is 0.667 bits per heavy atom. The summed E-state index contributed by atoms with van der Waals surface area (Å²) in [5.41, 5.74) is 0. The first-order chi connectivity index (χ1) is 10.2. The van der Waals surface area contributed by atoms with Crippen LogP contribution in [0, 0.1) is 0 Å². The Kier molecular flexibility index (Phi) is 15.6. The molecular formula is C18H39BrN2. The van der Waals surface area contributed by atoms with Crippen molar-refractivity contribution in [3.8, 4) is 0 Å². The van der Waals surface area contributed by atoms with Crippen molar-refractivity contribution >= 4 is 15.9 Å². The molecule has 0 aromatic carbocycles. The third-order valence-electron chi connectivity index (χ3n) is 4.06. The van der Waals surface area contributed by atoms with Gasteiger partial charge in [-0.2, -0.15) is 0 Å². The molecule has 3 heteroatoms. The molecule has 2 nitrogen and oxygen atoms in total. The van der Waals surface area contributed by atoms with E-state index in [9.17, 15) is 0 Å². The largest absolute Gasteiger partial charge is 0.301 e. The van der Waals surface area contributed by atoms with Crippen LogP contribution in [0.1, 0.15) is 79.1 Å². The minimum absolute atomic E-state index is 0.518. The van der Waals surface area contributed by atoms with Crippen molar-refractivity contribution in [2.24, 2.45) is 0 Å². The Labute approximate surface area is 142 Å². The number of hydrogen-bond donors (Lipinski definition) is 0. The van der Waals surface area contributed by atoms with E-state index in [1.54, 1.807) is 0 Å². The van der Waals surface area contributed by atoms with Gasteiger partial charge >= 0.3 is 0 Å². The van der Waals surface area contributed by atoms with Gasteiger partial charge in [-0.1, -0.05) is 69.3 Å². The first-order valence-corrected chi connectivity index (χ1v) is 10.2. The monoisotopic (exact) mass is 362 g/mol. The fraction of sp³-hybridized carbons (Fsp3) is 1.00. The van der Waals surface area contributed by atoms with Crippen molar-refractivity contribution in [2.45, 2.75) is 84.0 Å². The molecule has 0 radical (unpaired) electrons. The van der Waals surface area contributed by atoms with E-state index in [4.69, 9.17) is 0 Å². The van der Waals surface area contributed by atoms with E-state index in [1.165, 1.54) is 84.1 Å². The highest BCUT2D eigenvalue weighted by Gasteiger charge is 2.17. The van der Waals surface area contributed by atoms with E-state index in [1.807, 2.05) is 0 Å². The van der Waals surface area contributed by atoms with Gasteiger partial charge in [0.2, 0.25) is 0 Å². The van der Waals surface area contributed by atoms with Crippen LogP contribution in [0.3, 0.4) is 0 Å². The van der Waals surface area contributed by atoms with Crippen molar-refractivity contribution in [3.63, 3.8) is 0 Å². The third kappa shape index (κ3) is 11.6. The first-order valence-electron chi connectivity index (χ1n) is 9.29. The summed E-state index contributed by atoms with van der Waals surface area (Å²) < 4.78 is 0. The lowest BCUT2D eigenvalue weighted by molar-refractivity contribution is 0.182. The Balaban J connectivity index is 4.36. The maximum absolute atomic E-state index is 3.97. The summed E-state index contributed by atoms with van der Waals surface area (Å²) in [5.74, 6) is 0. The van der Waals surface area contributed by atoms with Crippen LogP contribution in [0.4, 0.5) is 0 Å². The van der Waals surface area contributed by atoms with Gasteiger partial charge in [-0.15, -0.1) is 0 Å². The summed E-state index contributed by atoms with van der Waals surface area (Å²) in [6, 6.07) is 0. The second-order valence-electron chi connectivity index (χ2n) is 6.19. The van der Waals surface area contributed by atoms with E-state index in [0.29, 0.717) is 4.95 Å². The van der Waals surface area contributed by atoms with Gasteiger partial charge in [0.25, 0.3) is 0 Å². The molecule has 0 saturated heterocycles. The lowest BCUT2D eigenvalue weighted by atomic mass is 10.2. The highest BCUT2D eigenvalue weighted by molar-refractivity contribution is 9.09. The van der Waals surface area contributed by atoms with E-state index < -0.39 is 0 Å². The quantitative estimate of drug-likeness (QED) is 0.279. The smallest absolute Gasteiger partial charge is 0.0784 e. The number of halogens is 1. The Bertz CT molecular complexity index is 195. The number of rotatable bonds is 15. The zero-order valence-electron chi connectivity index (χ0n) is 15.0. The van der Waals surface area contributed by atoms with Gasteiger partial charge in [-0.3, -0.25) is 4.90 Å². The van der Waals surface area contributed by atoms with Crippen LogP contribution in [0.15, 0.2) is 0 Å². The van der Waals surface area contributed by atoms with Gasteiger partial charge < -0.3 is 4.90 Å². The maximum atomic E-state index is 3.97. The second kappa shape index (κ2) is 15.3. The molecule has 0 heterocycles. The summed E-state index contributed by atoms with van der Waals surface area (Å²) >= 11 is 3.97. The SMILES string of the molecule is CCCCN(CCCC)CC(Br)N(CCCC)CCCC. The fourth-order valence-corrected chi connectivity index (χ4v) is 3.32. The van der Waals surface area contributed by atoms with E-state index in [2.05, 4.69) is 53.4 Å². The molecule has 0 aromatic rings. The van der Waals surface area contributed by atoms with Crippen LogP contribution >= 0.6 is 15.9 Å². The van der Waals surface area contributed by atoms with Crippen LogP contribution in [0.5, 0.6) is 0 Å². The number of unbranched alkanes of at least 4 members (excludes halogenated alkanes) is 4. The number of nitrogens with zero attached hydrogens (tertiary/aromatic N) is 2. The Hall–Kier alpha value is 0.400. The summed E-state index contributed by atoms with van der Waals surface area (Å²) in [6.07, 6.45) is 10.5. The zero-order chi connectivity index (χ0) is 15.9. The van der Waals surface area contributed by atoms with Gasteiger partial charge in [-0.25, -0.2) is 0 Å². The average Bonchev–Trinajstić information content (AvgIpc) is 2.49. The van der Waals surface area contributed by atoms with E-state index >= 15 is 0 Å². The summed E-state index contributed by atoms with van der Waals surface area (Å²) in [4.78, 5) is 5.83. The molecule has 21 heavy (non-hydrogen) atoms. The van der Waals surface area contributed by atoms with Crippen LogP contribution in [0.2, 0.25) is 0 Å². The van der Waals surface area contributed by atoms with Crippen LogP contribution < -0.4 is 0 Å². The Morgan fingerprint density at radius 2 is 1.05 bits per heavy atom. The predicted molar refractivity (Wildman–Crippen MR) is 100 cm³/mol. The normalized spacial score (nSPS) is 13.3. The van der Waals surface area contributed by atoms with Gasteiger partial charge in [0.15, 0.2) is 0 Å². The Morgan fingerprint density at radius 3 is 1.43 bits per heavy atom. The highest BCUT2D eigenvalue weighted by atomic mass is 79.9. The van der Waals surface area contributed by atoms with Gasteiger partial charge in [0, 0.05) is 6.54 Å². The van der Waals surface area contributed by atoms with Crippen molar-refractivity contribution in [1.29, 1.82) is 0 Å². The summed E-state index contributed by atoms with van der Waals surface area (Å²) in [6.45, 7) is 15.3. The zero-order valence-corrected chi connectivity index (χ0v) is 16.6. The van der Waals surface area contributed by atoms with Crippen LogP contribution in [-0.2, 0) is 0 Å². The molecular weight excluding hydrogens is 324 g/mol. The topological polar surface area (TPSA) is 6.48 Å². The summed E-state index contributed by atoms with van der Waals surface area (Å²) in [5, 5.41) is 0. The van der Waals surface area contributed by atoms with Crippen LogP contribution in [0.25, 0.3) is 0 Å². The summed E-state index contributed by atoms with van der Waals surface area (Å²) in [7, 11) is 0. The molecule has 0 rings (SSSR count).